The van der Waals surface area contributed by atoms with Gasteiger partial charge >= 0.3 is 5.97 Å². The Balaban J connectivity index is 1.37. The molecule has 4 aliphatic heterocycles. The number of ether oxygens (including phenoxy) is 2. The van der Waals surface area contributed by atoms with Crippen LogP contribution >= 0.6 is 0 Å². The molecule has 0 radical (unpaired) electrons. The Hall–Kier alpha value is -4.80. The number of likely N-dealkylation sites (N-methyl/N-ethyl adjacent to an activating group) is 1. The molecule has 0 saturated carbocycles. The number of nitrogens with zero attached hydrogens (tertiary/aromatic N) is 3. The summed E-state index contributed by atoms with van der Waals surface area (Å²) in [6.45, 7) is 5.67. The smallest absolute Gasteiger partial charge is 0.313 e. The van der Waals surface area contributed by atoms with Crippen molar-refractivity contribution in [1.29, 1.82) is 0 Å². The highest BCUT2D eigenvalue weighted by atomic mass is 16.6. The van der Waals surface area contributed by atoms with E-state index in [4.69, 9.17) is 9.47 Å². The van der Waals surface area contributed by atoms with Gasteiger partial charge in [-0.15, -0.1) is 0 Å². The van der Waals surface area contributed by atoms with Gasteiger partial charge in [0.15, 0.2) is 0 Å². The van der Waals surface area contributed by atoms with Gasteiger partial charge in [-0.3, -0.25) is 19.2 Å². The van der Waals surface area contributed by atoms with Gasteiger partial charge in [0.05, 0.1) is 30.7 Å². The fourth-order valence-corrected chi connectivity index (χ4v) is 8.59. The van der Waals surface area contributed by atoms with E-state index in [1.807, 2.05) is 106 Å². The van der Waals surface area contributed by atoms with Crippen LogP contribution in [0, 0.1) is 17.8 Å². The number of aliphatic hydroxyl groups is 1. The Morgan fingerprint density at radius 3 is 2.38 bits per heavy atom. The number of amides is 3. The quantitative estimate of drug-likeness (QED) is 0.277. The molecule has 10 nitrogen and oxygen atoms in total. The molecule has 3 amide bonds. The number of hydrogen-bond donors (Lipinski definition) is 1. The molecule has 10 heteroatoms. The summed E-state index contributed by atoms with van der Waals surface area (Å²) in [6, 6.07) is 20.6. The molecule has 5 bridgehead atoms. The second-order valence-corrected chi connectivity index (χ2v) is 14.9. The largest absolute Gasteiger partial charge is 0.455 e. The fraction of sp³-hybridized carbons (Fsp3) is 0.429. The van der Waals surface area contributed by atoms with E-state index in [2.05, 4.69) is 0 Å². The van der Waals surface area contributed by atoms with Crippen molar-refractivity contribution >= 4 is 40.2 Å². The van der Waals surface area contributed by atoms with Gasteiger partial charge < -0.3 is 29.3 Å². The third-order valence-electron chi connectivity index (χ3n) is 11.3. The molecule has 2 saturated heterocycles. The molecule has 7 rings (SSSR count). The molecule has 1 spiro atoms. The van der Waals surface area contributed by atoms with Crippen molar-refractivity contribution in [2.45, 2.75) is 76.0 Å². The number of cyclic esters (lactones) is 1. The van der Waals surface area contributed by atoms with E-state index in [9.17, 15) is 19.5 Å². The van der Waals surface area contributed by atoms with Gasteiger partial charge in [0.2, 0.25) is 11.8 Å². The Kier molecular flexibility index (Phi) is 9.80. The van der Waals surface area contributed by atoms with Crippen LogP contribution in [0.15, 0.2) is 97.1 Å². The molecule has 52 heavy (non-hydrogen) atoms. The lowest BCUT2D eigenvalue weighted by Crippen LogP contribution is -2.59. The van der Waals surface area contributed by atoms with Crippen molar-refractivity contribution in [1.82, 2.24) is 9.80 Å². The maximum Gasteiger partial charge on any atom is 0.313 e. The van der Waals surface area contributed by atoms with E-state index in [0.29, 0.717) is 24.1 Å². The molecule has 0 aromatic heterocycles. The summed E-state index contributed by atoms with van der Waals surface area (Å²) in [5.74, 6) is -3.54. The Morgan fingerprint density at radius 2 is 1.65 bits per heavy atom. The molecule has 3 aromatic rings. The summed E-state index contributed by atoms with van der Waals surface area (Å²) >= 11 is 0. The number of fused-ring (bicyclic) bond motifs is 3. The molecular formula is C42H47N3O7. The van der Waals surface area contributed by atoms with Gasteiger partial charge in [0, 0.05) is 25.7 Å². The molecule has 4 aliphatic rings. The minimum Gasteiger partial charge on any atom is -0.455 e. The Bertz CT molecular complexity index is 1910. The van der Waals surface area contributed by atoms with Crippen molar-refractivity contribution in [2.24, 2.45) is 17.8 Å². The zero-order valence-corrected chi connectivity index (χ0v) is 30.1. The summed E-state index contributed by atoms with van der Waals surface area (Å²) in [5, 5.41) is 12.7. The predicted octanol–water partition coefficient (Wildman–Crippen LogP) is 5.21. The lowest BCUT2D eigenvalue weighted by molar-refractivity contribution is -0.164. The van der Waals surface area contributed by atoms with E-state index in [-0.39, 0.29) is 37.3 Å². The lowest BCUT2D eigenvalue weighted by Gasteiger charge is -2.39. The summed E-state index contributed by atoms with van der Waals surface area (Å²) < 4.78 is 13.0. The number of allylic oxidation sites excluding steroid dienone is 1. The van der Waals surface area contributed by atoms with Crippen molar-refractivity contribution in [3.63, 3.8) is 0 Å². The number of esters is 1. The molecule has 0 unspecified atom stereocenters. The molecule has 2 fully saturated rings. The van der Waals surface area contributed by atoms with Gasteiger partial charge in [-0.25, -0.2) is 0 Å². The zero-order chi connectivity index (χ0) is 36.7. The monoisotopic (exact) mass is 705 g/mol. The van der Waals surface area contributed by atoms with Crippen LogP contribution in [-0.2, 0) is 28.7 Å². The van der Waals surface area contributed by atoms with Crippen molar-refractivity contribution < 1.29 is 33.8 Å². The van der Waals surface area contributed by atoms with Gasteiger partial charge in [-0.2, -0.15) is 0 Å². The summed E-state index contributed by atoms with van der Waals surface area (Å²) in [5.41, 5.74) is -0.114. The maximum absolute atomic E-state index is 15.3. The minimum absolute atomic E-state index is 0.102. The van der Waals surface area contributed by atoms with E-state index >= 15 is 4.79 Å². The van der Waals surface area contributed by atoms with Crippen LogP contribution in [0.2, 0.25) is 0 Å². The van der Waals surface area contributed by atoms with Crippen molar-refractivity contribution in [3.05, 3.63) is 103 Å². The lowest BCUT2D eigenvalue weighted by atomic mass is 9.74. The van der Waals surface area contributed by atoms with E-state index in [1.54, 1.807) is 29.0 Å². The SMILES string of the molecule is CC(C)C[C@H](CO)N1C(=O)[C@H]2[C@@H]3C(=O)O[C@H](c4ccccc4)[C@@H](C)N(C)C(=O)CC/C=C\CN(c4ccc5ccccc5c4)C(=O)[C@H]1[C@@]21C=C[C@@H]3O1. The topological polar surface area (TPSA) is 117 Å². The first-order valence-electron chi connectivity index (χ1n) is 18.3. The van der Waals surface area contributed by atoms with E-state index in [1.165, 1.54) is 4.90 Å². The molecule has 3 aromatic carbocycles. The molecule has 1 N–H and O–H groups in total. The number of carbonyl (C=O) groups excluding carboxylic acids is 4. The molecular weight excluding hydrogens is 658 g/mol. The number of rotatable bonds is 6. The standard InChI is InChI=1S/C42H47N3O7/c1-26(2)23-32(25-46)45-38-40(49)44(31-19-18-28-13-10-11-16-30(28)24-31)22-12-6-9-17-34(47)43(4)27(3)37(29-14-7-5-8-15-29)51-41(50)35-33-20-21-42(38,52-33)36(35)39(45)48/h5-8,10-16,18-21,24,26-27,32-33,35-38,46H,9,17,22-23,25H2,1-4H3/b12-6-/t27-,32-,33+,35-,36-,37+,38+,42-/m1/s1. The van der Waals surface area contributed by atoms with Crippen LogP contribution in [0.3, 0.4) is 0 Å². The molecule has 0 aliphatic carbocycles. The van der Waals surface area contributed by atoms with Crippen LogP contribution in [0.25, 0.3) is 10.8 Å². The number of benzene rings is 3. The van der Waals surface area contributed by atoms with Crippen LogP contribution in [0.5, 0.6) is 0 Å². The van der Waals surface area contributed by atoms with Gasteiger partial charge in [0.1, 0.15) is 23.7 Å². The first-order chi connectivity index (χ1) is 25.1. The second kappa shape index (κ2) is 14.3. The van der Waals surface area contributed by atoms with E-state index < -0.39 is 59.6 Å². The first-order valence-corrected chi connectivity index (χ1v) is 18.3. The maximum atomic E-state index is 15.3. The van der Waals surface area contributed by atoms with Crippen molar-refractivity contribution in [3.8, 4) is 0 Å². The van der Waals surface area contributed by atoms with Crippen LogP contribution in [0.4, 0.5) is 5.69 Å². The van der Waals surface area contributed by atoms with Crippen molar-refractivity contribution in [2.75, 3.05) is 25.1 Å². The normalized spacial score (nSPS) is 30.7. The van der Waals surface area contributed by atoms with Crippen LogP contribution < -0.4 is 4.90 Å². The molecule has 272 valence electrons. The summed E-state index contributed by atoms with van der Waals surface area (Å²) in [7, 11) is 1.71. The number of carbonyl (C=O) groups is 4. The highest BCUT2D eigenvalue weighted by Gasteiger charge is 2.74. The zero-order valence-electron chi connectivity index (χ0n) is 30.1. The van der Waals surface area contributed by atoms with Gasteiger partial charge in [0.25, 0.3) is 5.91 Å². The predicted molar refractivity (Wildman–Crippen MR) is 197 cm³/mol. The third kappa shape index (κ3) is 6.11. The fourth-order valence-electron chi connectivity index (χ4n) is 8.59. The van der Waals surface area contributed by atoms with Gasteiger partial charge in [-0.05, 0) is 54.2 Å². The van der Waals surface area contributed by atoms with Crippen LogP contribution in [-0.4, -0.2) is 88.6 Å². The average Bonchev–Trinajstić information content (AvgIpc) is 3.80. The number of anilines is 1. The highest BCUT2D eigenvalue weighted by Crippen LogP contribution is 2.56. The Morgan fingerprint density at radius 1 is 0.923 bits per heavy atom. The summed E-state index contributed by atoms with van der Waals surface area (Å²) in [6.07, 6.45) is 6.80. The Labute approximate surface area is 304 Å². The highest BCUT2D eigenvalue weighted by molar-refractivity contribution is 6.06. The molecule has 8 atom stereocenters. The minimum atomic E-state index is -1.46. The second-order valence-electron chi connectivity index (χ2n) is 14.9. The average molecular weight is 706 g/mol. The molecule has 4 heterocycles. The number of likely N-dealkylation sites (tertiary alicyclic amines) is 1. The first kappa shape index (κ1) is 35.6. The number of aliphatic hydroxyl groups excluding tert-OH is 1. The summed E-state index contributed by atoms with van der Waals surface area (Å²) in [4.78, 5) is 62.9. The van der Waals surface area contributed by atoms with Crippen LogP contribution in [0.1, 0.15) is 51.7 Å². The van der Waals surface area contributed by atoms with E-state index in [0.717, 1.165) is 10.8 Å². The van der Waals surface area contributed by atoms with Gasteiger partial charge in [-0.1, -0.05) is 98.8 Å². The number of hydrogen-bond acceptors (Lipinski definition) is 7. The third-order valence-corrected chi connectivity index (χ3v) is 11.3.